The summed E-state index contributed by atoms with van der Waals surface area (Å²) >= 11 is 4.62. The molecule has 108 valence electrons. The van der Waals surface area contributed by atoms with E-state index in [-0.39, 0.29) is 17.6 Å². The molecule has 1 rings (SSSR count). The van der Waals surface area contributed by atoms with Crippen molar-refractivity contribution in [2.45, 2.75) is 6.04 Å². The fourth-order valence-electron chi connectivity index (χ4n) is 1.86. The molecule has 0 bridgehead atoms. The first kappa shape index (κ1) is 15.8. The van der Waals surface area contributed by atoms with Crippen molar-refractivity contribution in [2.24, 2.45) is 5.73 Å². The van der Waals surface area contributed by atoms with Crippen LogP contribution in [-0.2, 0) is 9.59 Å². The van der Waals surface area contributed by atoms with Crippen LogP contribution in [0.1, 0.15) is 0 Å². The lowest BCUT2D eigenvalue weighted by molar-refractivity contribution is -0.139. The quantitative estimate of drug-likeness (QED) is 0.400. The number of likely N-dealkylation sites (N-methyl/N-ethyl adjacent to an activating group) is 2. The van der Waals surface area contributed by atoms with Gasteiger partial charge in [0.1, 0.15) is 0 Å². The number of carbonyl (C=O) groups is 2. The van der Waals surface area contributed by atoms with Gasteiger partial charge in [-0.1, -0.05) is 12.2 Å². The number of piperazine rings is 1. The van der Waals surface area contributed by atoms with Crippen molar-refractivity contribution in [2.75, 3.05) is 46.8 Å². The molecule has 1 heterocycles. The van der Waals surface area contributed by atoms with Gasteiger partial charge in [-0.15, -0.1) is 0 Å². The number of amides is 2. The minimum Gasteiger partial charge on any atom is -0.392 e. The maximum Gasteiger partial charge on any atom is 0.309 e. The molecule has 0 aliphatic carbocycles. The van der Waals surface area contributed by atoms with E-state index in [9.17, 15) is 9.59 Å². The number of nitrogens with zero attached hydrogens (tertiary/aromatic N) is 2. The highest BCUT2D eigenvalue weighted by Gasteiger charge is 2.23. The molecule has 1 saturated heterocycles. The maximum atomic E-state index is 11.5. The van der Waals surface area contributed by atoms with E-state index in [1.165, 1.54) is 0 Å². The van der Waals surface area contributed by atoms with Gasteiger partial charge in [-0.05, 0) is 14.1 Å². The third-order valence-corrected chi connectivity index (χ3v) is 3.25. The molecule has 8 heteroatoms. The maximum absolute atomic E-state index is 11.5. The van der Waals surface area contributed by atoms with Crippen molar-refractivity contribution in [3.8, 4) is 0 Å². The van der Waals surface area contributed by atoms with E-state index in [0.29, 0.717) is 6.54 Å². The average molecular weight is 287 g/mol. The SMILES string of the molecule is CN1CCN(C)C(CNC(=O)C(=O)NCC(N)=S)C1. The van der Waals surface area contributed by atoms with Crippen molar-refractivity contribution < 1.29 is 9.59 Å². The topological polar surface area (TPSA) is 90.7 Å². The first-order valence-corrected chi connectivity index (χ1v) is 6.54. The number of hydrogen-bond acceptors (Lipinski definition) is 5. The van der Waals surface area contributed by atoms with Crippen LogP contribution in [0.25, 0.3) is 0 Å². The largest absolute Gasteiger partial charge is 0.392 e. The molecule has 0 aromatic carbocycles. The zero-order valence-electron chi connectivity index (χ0n) is 11.3. The van der Waals surface area contributed by atoms with Gasteiger partial charge < -0.3 is 21.3 Å². The lowest BCUT2D eigenvalue weighted by Gasteiger charge is -2.37. The molecule has 7 nitrogen and oxygen atoms in total. The van der Waals surface area contributed by atoms with E-state index < -0.39 is 11.8 Å². The average Bonchev–Trinajstić information content (AvgIpc) is 2.36. The summed E-state index contributed by atoms with van der Waals surface area (Å²) < 4.78 is 0. The Bertz CT molecular complexity index is 363. The summed E-state index contributed by atoms with van der Waals surface area (Å²) in [6.45, 7) is 3.30. The zero-order valence-corrected chi connectivity index (χ0v) is 12.1. The van der Waals surface area contributed by atoms with Gasteiger partial charge in [0.2, 0.25) is 0 Å². The van der Waals surface area contributed by atoms with Gasteiger partial charge in [0.15, 0.2) is 0 Å². The lowest BCUT2D eigenvalue weighted by Crippen LogP contribution is -2.55. The molecule has 1 unspecified atom stereocenters. The van der Waals surface area contributed by atoms with Crippen molar-refractivity contribution in [3.05, 3.63) is 0 Å². The van der Waals surface area contributed by atoms with Gasteiger partial charge in [-0.2, -0.15) is 0 Å². The molecule has 1 aliphatic rings. The molecular formula is C11H21N5O2S. The summed E-state index contributed by atoms with van der Waals surface area (Å²) in [6.07, 6.45) is 0. The predicted octanol–water partition coefficient (Wildman–Crippen LogP) is -2.25. The standard InChI is InChI=1S/C11H21N5O2S/c1-15-3-4-16(2)8(7-15)5-13-10(17)11(18)14-6-9(12)19/h8H,3-7H2,1-2H3,(H2,12,19)(H,13,17)(H,14,18). The predicted molar refractivity (Wildman–Crippen MR) is 76.7 cm³/mol. The minimum absolute atomic E-state index is 0.0354. The summed E-state index contributed by atoms with van der Waals surface area (Å²) in [6, 6.07) is 0.214. The first-order valence-electron chi connectivity index (χ1n) is 6.13. The van der Waals surface area contributed by atoms with Crippen LogP contribution in [0.2, 0.25) is 0 Å². The Balaban J connectivity index is 2.32. The summed E-state index contributed by atoms with van der Waals surface area (Å²) in [5.74, 6) is -1.36. The van der Waals surface area contributed by atoms with Crippen molar-refractivity contribution in [3.63, 3.8) is 0 Å². The highest BCUT2D eigenvalue weighted by Crippen LogP contribution is 2.04. The molecule has 0 radical (unpaired) electrons. The molecule has 0 aromatic heterocycles. The fourth-order valence-corrected chi connectivity index (χ4v) is 1.93. The third kappa shape index (κ3) is 5.50. The van der Waals surface area contributed by atoms with E-state index in [1.54, 1.807) is 0 Å². The Morgan fingerprint density at radius 3 is 2.53 bits per heavy atom. The normalized spacial score (nSPS) is 20.8. The van der Waals surface area contributed by atoms with Crippen molar-refractivity contribution >= 4 is 29.0 Å². The Morgan fingerprint density at radius 1 is 1.26 bits per heavy atom. The fraction of sp³-hybridized carbons (Fsp3) is 0.727. The van der Waals surface area contributed by atoms with Crippen LogP contribution in [0.15, 0.2) is 0 Å². The second-order valence-corrected chi connectivity index (χ2v) is 5.28. The van der Waals surface area contributed by atoms with Gasteiger partial charge in [-0.25, -0.2) is 0 Å². The van der Waals surface area contributed by atoms with Crippen LogP contribution in [0.3, 0.4) is 0 Å². The van der Waals surface area contributed by atoms with Crippen LogP contribution >= 0.6 is 12.2 Å². The second-order valence-electron chi connectivity index (χ2n) is 4.76. The Kier molecular flexibility index (Phi) is 6.13. The van der Waals surface area contributed by atoms with Crippen LogP contribution in [0.5, 0.6) is 0 Å². The van der Waals surface area contributed by atoms with Crippen LogP contribution in [-0.4, -0.2) is 79.5 Å². The molecule has 4 N–H and O–H groups in total. The molecule has 1 aliphatic heterocycles. The lowest BCUT2D eigenvalue weighted by atomic mass is 10.2. The zero-order chi connectivity index (χ0) is 14.4. The van der Waals surface area contributed by atoms with E-state index in [0.717, 1.165) is 19.6 Å². The third-order valence-electron chi connectivity index (χ3n) is 3.11. The monoisotopic (exact) mass is 287 g/mol. The van der Waals surface area contributed by atoms with E-state index in [1.807, 2.05) is 14.1 Å². The number of hydrogen-bond donors (Lipinski definition) is 3. The summed E-state index contributed by atoms with van der Waals surface area (Å²) in [4.78, 5) is 27.5. The van der Waals surface area contributed by atoms with Crippen molar-refractivity contribution in [1.82, 2.24) is 20.4 Å². The molecule has 0 aromatic rings. The molecule has 0 saturated carbocycles. The Labute approximate surface area is 118 Å². The van der Waals surface area contributed by atoms with Crippen LogP contribution in [0, 0.1) is 0 Å². The smallest absolute Gasteiger partial charge is 0.309 e. The number of rotatable bonds is 4. The van der Waals surface area contributed by atoms with Gasteiger partial charge >= 0.3 is 11.8 Å². The minimum atomic E-state index is -0.709. The van der Waals surface area contributed by atoms with Crippen molar-refractivity contribution in [1.29, 1.82) is 0 Å². The Morgan fingerprint density at radius 2 is 1.89 bits per heavy atom. The van der Waals surface area contributed by atoms with Crippen LogP contribution in [0.4, 0.5) is 0 Å². The Hall–Kier alpha value is -1.25. The number of thiocarbonyl (C=S) groups is 1. The van der Waals surface area contributed by atoms with E-state index >= 15 is 0 Å². The van der Waals surface area contributed by atoms with Gasteiger partial charge in [-0.3, -0.25) is 14.5 Å². The van der Waals surface area contributed by atoms with Gasteiger partial charge in [0.05, 0.1) is 11.5 Å². The number of nitrogens with one attached hydrogen (secondary N) is 2. The molecule has 0 spiro atoms. The highest BCUT2D eigenvalue weighted by molar-refractivity contribution is 7.80. The molecule has 2 amide bonds. The highest BCUT2D eigenvalue weighted by atomic mass is 32.1. The second kappa shape index (κ2) is 7.37. The molecule has 1 atom stereocenters. The van der Waals surface area contributed by atoms with E-state index in [4.69, 9.17) is 5.73 Å². The first-order chi connectivity index (χ1) is 8.90. The molecular weight excluding hydrogens is 266 g/mol. The number of carbonyl (C=O) groups excluding carboxylic acids is 2. The summed E-state index contributed by atoms with van der Waals surface area (Å²) in [7, 11) is 4.05. The van der Waals surface area contributed by atoms with Gasteiger partial charge in [0, 0.05) is 32.2 Å². The van der Waals surface area contributed by atoms with Crippen LogP contribution < -0.4 is 16.4 Å². The molecule has 1 fully saturated rings. The van der Waals surface area contributed by atoms with E-state index in [2.05, 4.69) is 32.7 Å². The summed E-state index contributed by atoms with van der Waals surface area (Å²) in [5, 5.41) is 4.97. The van der Waals surface area contributed by atoms with Gasteiger partial charge in [0.25, 0.3) is 0 Å². The number of nitrogens with two attached hydrogens (primary N) is 1. The summed E-state index contributed by atoms with van der Waals surface area (Å²) in [5.41, 5.74) is 5.24. The molecule has 19 heavy (non-hydrogen) atoms.